The summed E-state index contributed by atoms with van der Waals surface area (Å²) in [4.78, 5) is 47.9. The van der Waals surface area contributed by atoms with Crippen LogP contribution in [-0.4, -0.2) is 52.7 Å². The Morgan fingerprint density at radius 2 is 1.52 bits per heavy atom. The highest BCUT2D eigenvalue weighted by Gasteiger charge is 2.27. The van der Waals surface area contributed by atoms with Gasteiger partial charge in [0.2, 0.25) is 5.91 Å². The van der Waals surface area contributed by atoms with Gasteiger partial charge in [0.1, 0.15) is 12.1 Å². The summed E-state index contributed by atoms with van der Waals surface area (Å²) in [5, 5.41) is 23.1. The lowest BCUT2D eigenvalue weighted by molar-refractivity contribution is -0.143. The number of amides is 2. The SMILES string of the molecule is O=C(O)CC[C@H](NC(=O)[C@H](Cc1ccccc1)NC(=O)c1ccc(CCCF)cc1)C(=O)O. The van der Waals surface area contributed by atoms with Gasteiger partial charge in [-0.1, -0.05) is 42.5 Å². The molecule has 0 saturated carbocycles. The summed E-state index contributed by atoms with van der Waals surface area (Å²) in [7, 11) is 0. The number of hydrogen-bond acceptors (Lipinski definition) is 4. The highest BCUT2D eigenvalue weighted by atomic mass is 19.1. The molecule has 0 saturated heterocycles. The molecule has 2 aromatic carbocycles. The van der Waals surface area contributed by atoms with E-state index in [4.69, 9.17) is 5.11 Å². The number of carbonyl (C=O) groups is 4. The van der Waals surface area contributed by atoms with Crippen molar-refractivity contribution in [2.24, 2.45) is 0 Å². The monoisotopic (exact) mass is 458 g/mol. The third kappa shape index (κ3) is 8.72. The van der Waals surface area contributed by atoms with Crippen LogP contribution < -0.4 is 10.6 Å². The van der Waals surface area contributed by atoms with E-state index in [1.165, 1.54) is 0 Å². The van der Waals surface area contributed by atoms with Crippen molar-refractivity contribution in [3.05, 3.63) is 71.3 Å². The molecule has 0 aliphatic heterocycles. The third-order valence-corrected chi connectivity index (χ3v) is 4.98. The lowest BCUT2D eigenvalue weighted by atomic mass is 10.0. The molecule has 2 atom stereocenters. The number of halogens is 1. The molecule has 0 unspecified atom stereocenters. The first-order valence-electron chi connectivity index (χ1n) is 10.5. The van der Waals surface area contributed by atoms with Crippen molar-refractivity contribution in [2.75, 3.05) is 6.67 Å². The second kappa shape index (κ2) is 12.9. The van der Waals surface area contributed by atoms with Crippen LogP contribution in [0, 0.1) is 0 Å². The quantitative estimate of drug-likeness (QED) is 0.364. The Balaban J connectivity index is 2.15. The minimum atomic E-state index is -1.40. The van der Waals surface area contributed by atoms with Crippen LogP contribution in [0.25, 0.3) is 0 Å². The number of alkyl halides is 1. The minimum Gasteiger partial charge on any atom is -0.481 e. The fourth-order valence-corrected chi connectivity index (χ4v) is 3.19. The second-order valence-corrected chi connectivity index (χ2v) is 7.54. The van der Waals surface area contributed by atoms with E-state index in [9.17, 15) is 28.7 Å². The van der Waals surface area contributed by atoms with Crippen molar-refractivity contribution in [3.8, 4) is 0 Å². The Morgan fingerprint density at radius 3 is 2.09 bits per heavy atom. The number of rotatable bonds is 13. The number of carboxylic acid groups (broad SMARTS) is 2. The minimum absolute atomic E-state index is 0.109. The van der Waals surface area contributed by atoms with Gasteiger partial charge in [-0.15, -0.1) is 0 Å². The van der Waals surface area contributed by atoms with E-state index >= 15 is 0 Å². The molecule has 33 heavy (non-hydrogen) atoms. The van der Waals surface area contributed by atoms with E-state index in [0.717, 1.165) is 11.1 Å². The van der Waals surface area contributed by atoms with Gasteiger partial charge in [0, 0.05) is 18.4 Å². The average Bonchev–Trinajstić information content (AvgIpc) is 2.80. The lowest BCUT2D eigenvalue weighted by Crippen LogP contribution is -2.52. The molecule has 0 radical (unpaired) electrons. The fraction of sp³-hybridized carbons (Fsp3) is 0.333. The highest BCUT2D eigenvalue weighted by molar-refractivity contribution is 5.98. The van der Waals surface area contributed by atoms with Gasteiger partial charge in [-0.3, -0.25) is 18.8 Å². The first-order chi connectivity index (χ1) is 15.8. The molecule has 0 aliphatic rings. The second-order valence-electron chi connectivity index (χ2n) is 7.54. The van der Waals surface area contributed by atoms with Crippen LogP contribution in [0.5, 0.6) is 0 Å². The number of benzene rings is 2. The molecule has 0 heterocycles. The molecular weight excluding hydrogens is 431 g/mol. The van der Waals surface area contributed by atoms with E-state index in [1.54, 1.807) is 54.6 Å². The summed E-state index contributed by atoms with van der Waals surface area (Å²) < 4.78 is 12.3. The Bertz CT molecular complexity index is 949. The lowest BCUT2D eigenvalue weighted by Gasteiger charge is -2.21. The molecule has 4 N–H and O–H groups in total. The molecule has 0 spiro atoms. The summed E-state index contributed by atoms with van der Waals surface area (Å²) in [6.45, 7) is -0.428. The van der Waals surface area contributed by atoms with E-state index in [1.807, 2.05) is 0 Å². The molecular formula is C24H27FN2O6. The predicted molar refractivity (Wildman–Crippen MR) is 119 cm³/mol. The van der Waals surface area contributed by atoms with Crippen LogP contribution >= 0.6 is 0 Å². The zero-order valence-corrected chi connectivity index (χ0v) is 18.0. The van der Waals surface area contributed by atoms with Gasteiger partial charge in [-0.2, -0.15) is 0 Å². The normalized spacial score (nSPS) is 12.4. The molecule has 0 fully saturated rings. The van der Waals surface area contributed by atoms with Crippen LogP contribution in [0.1, 0.15) is 40.7 Å². The Labute approximate surface area is 190 Å². The van der Waals surface area contributed by atoms with Gasteiger partial charge in [0.05, 0.1) is 6.67 Å². The average molecular weight is 458 g/mol. The highest BCUT2D eigenvalue weighted by Crippen LogP contribution is 2.10. The standard InChI is InChI=1S/C24H27FN2O6/c25-14-4-7-16-8-10-18(11-9-16)22(30)27-20(15-17-5-2-1-3-6-17)23(31)26-19(24(32)33)12-13-21(28)29/h1-3,5-6,8-11,19-20H,4,7,12-15H2,(H,26,31)(H,27,30)(H,28,29)(H,32,33)/t19-,20-/m0/s1. The maximum absolute atomic E-state index is 12.9. The zero-order valence-electron chi connectivity index (χ0n) is 18.0. The number of carboxylic acids is 2. The maximum Gasteiger partial charge on any atom is 0.326 e. The van der Waals surface area contributed by atoms with Crippen molar-refractivity contribution < 1.29 is 33.8 Å². The Kier molecular flexibility index (Phi) is 10.0. The number of nitrogens with one attached hydrogen (secondary N) is 2. The molecule has 176 valence electrons. The van der Waals surface area contributed by atoms with Crippen molar-refractivity contribution in [1.29, 1.82) is 0 Å². The molecule has 8 nitrogen and oxygen atoms in total. The molecule has 9 heteroatoms. The largest absolute Gasteiger partial charge is 0.481 e. The smallest absolute Gasteiger partial charge is 0.326 e. The molecule has 0 aromatic heterocycles. The van der Waals surface area contributed by atoms with Gasteiger partial charge < -0.3 is 20.8 Å². The topological polar surface area (TPSA) is 133 Å². The van der Waals surface area contributed by atoms with Gasteiger partial charge in [0.25, 0.3) is 5.91 Å². The van der Waals surface area contributed by atoms with Gasteiger partial charge in [-0.05, 0) is 42.5 Å². The van der Waals surface area contributed by atoms with E-state index < -0.39 is 48.9 Å². The first kappa shape index (κ1) is 25.5. The first-order valence-corrected chi connectivity index (χ1v) is 10.5. The van der Waals surface area contributed by atoms with E-state index in [0.29, 0.717) is 18.4 Å². The molecule has 2 amide bonds. The number of aryl methyl sites for hydroxylation is 1. The Hall–Kier alpha value is -3.75. The maximum atomic E-state index is 12.9. The number of aliphatic carboxylic acids is 2. The van der Waals surface area contributed by atoms with Crippen LogP contribution in [-0.2, 0) is 27.2 Å². The van der Waals surface area contributed by atoms with Crippen LogP contribution in [0.4, 0.5) is 4.39 Å². The van der Waals surface area contributed by atoms with Crippen LogP contribution in [0.15, 0.2) is 54.6 Å². The van der Waals surface area contributed by atoms with Crippen molar-refractivity contribution >= 4 is 23.8 Å². The van der Waals surface area contributed by atoms with E-state index in [-0.39, 0.29) is 12.8 Å². The van der Waals surface area contributed by atoms with Crippen molar-refractivity contribution in [2.45, 2.75) is 44.2 Å². The molecule has 2 aromatic rings. The summed E-state index contributed by atoms with van der Waals surface area (Å²) in [6.07, 6.45) is 0.324. The summed E-state index contributed by atoms with van der Waals surface area (Å²) in [5.41, 5.74) is 1.92. The summed E-state index contributed by atoms with van der Waals surface area (Å²) >= 11 is 0. The van der Waals surface area contributed by atoms with Gasteiger partial charge >= 0.3 is 11.9 Å². The molecule has 0 bridgehead atoms. The van der Waals surface area contributed by atoms with Gasteiger partial charge in [-0.25, -0.2) is 4.79 Å². The molecule has 0 aliphatic carbocycles. The Morgan fingerprint density at radius 1 is 0.848 bits per heavy atom. The predicted octanol–water partition coefficient (Wildman–Crippen LogP) is 2.36. The zero-order chi connectivity index (χ0) is 24.2. The van der Waals surface area contributed by atoms with E-state index in [2.05, 4.69) is 10.6 Å². The van der Waals surface area contributed by atoms with Crippen molar-refractivity contribution in [3.63, 3.8) is 0 Å². The number of carbonyl (C=O) groups excluding carboxylic acids is 2. The van der Waals surface area contributed by atoms with Crippen LogP contribution in [0.3, 0.4) is 0 Å². The van der Waals surface area contributed by atoms with Crippen LogP contribution in [0.2, 0.25) is 0 Å². The van der Waals surface area contributed by atoms with Gasteiger partial charge in [0.15, 0.2) is 0 Å². The fourth-order valence-electron chi connectivity index (χ4n) is 3.19. The van der Waals surface area contributed by atoms with Crippen molar-refractivity contribution in [1.82, 2.24) is 10.6 Å². The summed E-state index contributed by atoms with van der Waals surface area (Å²) in [6, 6.07) is 13.0. The third-order valence-electron chi connectivity index (χ3n) is 4.98. The molecule has 2 rings (SSSR count). The summed E-state index contributed by atoms with van der Waals surface area (Å²) in [5.74, 6) is -3.80. The number of hydrogen-bond donors (Lipinski definition) is 4.